The molecule has 0 spiro atoms. The van der Waals surface area contributed by atoms with Gasteiger partial charge in [0.15, 0.2) is 23.3 Å². The molecule has 1 aromatic heterocycles. The molecule has 94 valence electrons. The Bertz CT molecular complexity index is 586. The van der Waals surface area contributed by atoms with Crippen LogP contribution in [-0.2, 0) is 0 Å². The van der Waals surface area contributed by atoms with Crippen LogP contribution < -0.4 is 5.32 Å². The molecular formula is C11H8F3N3O. The van der Waals surface area contributed by atoms with Crippen LogP contribution in [0.15, 0.2) is 18.2 Å². The summed E-state index contributed by atoms with van der Waals surface area (Å²) in [5, 5.41) is 8.63. The molecule has 0 aliphatic rings. The summed E-state index contributed by atoms with van der Waals surface area (Å²) in [6, 6.07) is 2.77. The Labute approximate surface area is 99.8 Å². The first-order chi connectivity index (χ1) is 8.47. The van der Waals surface area contributed by atoms with Crippen molar-refractivity contribution in [3.63, 3.8) is 0 Å². The lowest BCUT2D eigenvalue weighted by Crippen LogP contribution is -2.13. The summed E-state index contributed by atoms with van der Waals surface area (Å²) >= 11 is 0. The zero-order valence-corrected chi connectivity index (χ0v) is 9.22. The Hall–Kier alpha value is -2.31. The molecule has 7 heteroatoms. The van der Waals surface area contributed by atoms with Gasteiger partial charge in [0.1, 0.15) is 0 Å². The summed E-state index contributed by atoms with van der Waals surface area (Å²) in [5.41, 5.74) is 0.383. The lowest BCUT2D eigenvalue weighted by molar-refractivity contribution is 0.102. The maximum absolute atomic E-state index is 12.9. The predicted molar refractivity (Wildman–Crippen MR) is 57.6 cm³/mol. The van der Waals surface area contributed by atoms with Crippen molar-refractivity contribution in [2.75, 3.05) is 5.32 Å². The maximum Gasteiger partial charge on any atom is 0.257 e. The number of nitrogens with one attached hydrogen (secondary N) is 2. The molecule has 2 aromatic rings. The van der Waals surface area contributed by atoms with Gasteiger partial charge in [-0.25, -0.2) is 13.2 Å². The molecule has 1 aromatic carbocycles. The van der Waals surface area contributed by atoms with Gasteiger partial charge in [-0.2, -0.15) is 5.10 Å². The van der Waals surface area contributed by atoms with E-state index >= 15 is 0 Å². The Kier molecular flexibility index (Phi) is 3.05. The van der Waals surface area contributed by atoms with E-state index in [2.05, 4.69) is 15.5 Å². The van der Waals surface area contributed by atoms with Crippen LogP contribution in [-0.4, -0.2) is 16.1 Å². The number of anilines is 1. The average molecular weight is 255 g/mol. The topological polar surface area (TPSA) is 57.8 Å². The molecule has 0 unspecified atom stereocenters. The molecule has 2 rings (SSSR count). The molecular weight excluding hydrogens is 247 g/mol. The molecule has 2 N–H and O–H groups in total. The number of amides is 1. The molecule has 0 radical (unpaired) electrons. The van der Waals surface area contributed by atoms with Crippen molar-refractivity contribution in [1.82, 2.24) is 10.2 Å². The number of aromatic amines is 1. The lowest BCUT2D eigenvalue weighted by Gasteiger charge is -2.03. The van der Waals surface area contributed by atoms with Crippen molar-refractivity contribution in [3.8, 4) is 0 Å². The van der Waals surface area contributed by atoms with Crippen molar-refractivity contribution in [1.29, 1.82) is 0 Å². The van der Waals surface area contributed by atoms with Crippen molar-refractivity contribution < 1.29 is 18.0 Å². The van der Waals surface area contributed by atoms with Crippen LogP contribution in [0, 0.1) is 24.4 Å². The summed E-state index contributed by atoms with van der Waals surface area (Å²) in [6.07, 6.45) is 0. The number of rotatable bonds is 2. The molecule has 0 bridgehead atoms. The largest absolute Gasteiger partial charge is 0.305 e. The van der Waals surface area contributed by atoms with E-state index in [4.69, 9.17) is 0 Å². The third-order valence-electron chi connectivity index (χ3n) is 2.19. The number of carbonyl (C=O) groups excluding carboxylic acids is 1. The average Bonchev–Trinajstić information content (AvgIpc) is 2.71. The van der Waals surface area contributed by atoms with Gasteiger partial charge in [-0.15, -0.1) is 0 Å². The fraction of sp³-hybridized carbons (Fsp3) is 0.0909. The minimum atomic E-state index is -1.61. The monoisotopic (exact) mass is 255 g/mol. The smallest absolute Gasteiger partial charge is 0.257 e. The number of aryl methyl sites for hydroxylation is 1. The first-order valence-corrected chi connectivity index (χ1v) is 4.95. The zero-order chi connectivity index (χ0) is 13.3. The number of H-pyrrole nitrogens is 1. The van der Waals surface area contributed by atoms with Crippen LogP contribution >= 0.6 is 0 Å². The number of carbonyl (C=O) groups is 1. The Balaban J connectivity index is 2.24. The summed E-state index contributed by atoms with van der Waals surface area (Å²) in [7, 11) is 0. The summed E-state index contributed by atoms with van der Waals surface area (Å²) < 4.78 is 38.6. The number of hydrogen-bond donors (Lipinski definition) is 2. The fourth-order valence-corrected chi connectivity index (χ4v) is 1.36. The second-order valence-corrected chi connectivity index (χ2v) is 3.64. The first kappa shape index (κ1) is 12.2. The van der Waals surface area contributed by atoms with Crippen molar-refractivity contribution in [2.45, 2.75) is 6.92 Å². The van der Waals surface area contributed by atoms with E-state index in [0.29, 0.717) is 17.8 Å². The van der Waals surface area contributed by atoms with E-state index in [9.17, 15) is 18.0 Å². The van der Waals surface area contributed by atoms with Crippen LogP contribution in [0.5, 0.6) is 0 Å². The van der Waals surface area contributed by atoms with Crippen LogP contribution in [0.3, 0.4) is 0 Å². The van der Waals surface area contributed by atoms with E-state index in [0.717, 1.165) is 0 Å². The van der Waals surface area contributed by atoms with Crippen LogP contribution in [0.2, 0.25) is 0 Å². The molecule has 0 aliphatic carbocycles. The predicted octanol–water partition coefficient (Wildman–Crippen LogP) is 2.39. The molecule has 1 amide bonds. The van der Waals surface area contributed by atoms with E-state index < -0.39 is 23.4 Å². The zero-order valence-electron chi connectivity index (χ0n) is 9.22. The fourth-order valence-electron chi connectivity index (χ4n) is 1.36. The highest BCUT2D eigenvalue weighted by atomic mass is 19.2. The molecule has 18 heavy (non-hydrogen) atoms. The Morgan fingerprint density at radius 2 is 1.83 bits per heavy atom. The van der Waals surface area contributed by atoms with Gasteiger partial charge in [-0.3, -0.25) is 9.89 Å². The molecule has 1 heterocycles. The van der Waals surface area contributed by atoms with E-state index in [1.807, 2.05) is 0 Å². The van der Waals surface area contributed by atoms with Gasteiger partial charge < -0.3 is 5.32 Å². The van der Waals surface area contributed by atoms with Gasteiger partial charge in [0, 0.05) is 17.3 Å². The molecule has 0 aliphatic heterocycles. The number of halogens is 3. The second-order valence-electron chi connectivity index (χ2n) is 3.64. The Morgan fingerprint density at radius 1 is 1.22 bits per heavy atom. The first-order valence-electron chi connectivity index (χ1n) is 4.95. The van der Waals surface area contributed by atoms with E-state index in [-0.39, 0.29) is 11.4 Å². The number of benzene rings is 1. The summed E-state index contributed by atoms with van der Waals surface area (Å²) in [6.45, 7) is 1.72. The highest BCUT2D eigenvalue weighted by molar-refractivity contribution is 6.03. The van der Waals surface area contributed by atoms with Gasteiger partial charge in [-0.05, 0) is 19.1 Å². The van der Waals surface area contributed by atoms with Crippen LogP contribution in [0.25, 0.3) is 0 Å². The number of hydrogen-bond acceptors (Lipinski definition) is 2. The minimum Gasteiger partial charge on any atom is -0.305 e. The highest BCUT2D eigenvalue weighted by Gasteiger charge is 2.15. The van der Waals surface area contributed by atoms with Gasteiger partial charge in [0.25, 0.3) is 5.91 Å². The summed E-state index contributed by atoms with van der Waals surface area (Å²) in [4.78, 5) is 11.6. The van der Waals surface area contributed by atoms with Crippen molar-refractivity contribution in [2.24, 2.45) is 0 Å². The van der Waals surface area contributed by atoms with Crippen molar-refractivity contribution in [3.05, 3.63) is 46.9 Å². The number of nitrogens with zero attached hydrogens (tertiary/aromatic N) is 1. The SMILES string of the molecule is Cc1cc(NC(=O)c2cc(F)c(F)c(F)c2)n[nH]1. The van der Waals surface area contributed by atoms with Crippen molar-refractivity contribution >= 4 is 11.7 Å². The van der Waals surface area contributed by atoms with Gasteiger partial charge in [0.2, 0.25) is 0 Å². The third kappa shape index (κ3) is 2.34. The molecule has 0 saturated carbocycles. The van der Waals surface area contributed by atoms with Crippen LogP contribution in [0.1, 0.15) is 16.1 Å². The van der Waals surface area contributed by atoms with Crippen LogP contribution in [0.4, 0.5) is 19.0 Å². The highest BCUT2D eigenvalue weighted by Crippen LogP contribution is 2.15. The lowest BCUT2D eigenvalue weighted by atomic mass is 10.2. The standard InChI is InChI=1S/C11H8F3N3O/c1-5-2-9(17-16-5)15-11(18)6-3-7(12)10(14)8(13)4-6/h2-4H,1H3,(H2,15,16,17,18). The maximum atomic E-state index is 12.9. The van der Waals surface area contributed by atoms with Gasteiger partial charge in [-0.1, -0.05) is 0 Å². The van der Waals surface area contributed by atoms with E-state index in [1.54, 1.807) is 6.92 Å². The normalized spacial score (nSPS) is 10.4. The Morgan fingerprint density at radius 3 is 2.33 bits per heavy atom. The van der Waals surface area contributed by atoms with Gasteiger partial charge in [0.05, 0.1) is 0 Å². The molecule has 4 nitrogen and oxygen atoms in total. The molecule has 0 saturated heterocycles. The molecule has 0 atom stereocenters. The van der Waals surface area contributed by atoms with Gasteiger partial charge >= 0.3 is 0 Å². The summed E-state index contributed by atoms with van der Waals surface area (Å²) in [5.74, 6) is -5.01. The second kappa shape index (κ2) is 4.52. The number of aromatic nitrogens is 2. The molecule has 0 fully saturated rings. The minimum absolute atomic E-state index is 0.211. The quantitative estimate of drug-likeness (QED) is 0.809. The van der Waals surface area contributed by atoms with E-state index in [1.165, 1.54) is 6.07 Å². The third-order valence-corrected chi connectivity index (χ3v) is 2.19.